The van der Waals surface area contributed by atoms with Crippen molar-refractivity contribution in [1.29, 1.82) is 0 Å². The number of nitrogens with zero attached hydrogens (tertiary/aromatic N) is 1. The Morgan fingerprint density at radius 2 is 1.84 bits per heavy atom. The van der Waals surface area contributed by atoms with E-state index >= 15 is 0 Å². The smallest absolute Gasteiger partial charge is 0.223 e. The summed E-state index contributed by atoms with van der Waals surface area (Å²) in [4.78, 5) is 14.6. The van der Waals surface area contributed by atoms with Crippen molar-refractivity contribution in [2.24, 2.45) is 5.92 Å². The molecule has 1 saturated carbocycles. The molecule has 1 amide bonds. The molecule has 2 fully saturated rings. The van der Waals surface area contributed by atoms with Gasteiger partial charge in [-0.3, -0.25) is 4.79 Å². The number of carbonyl (C=O) groups excluding carboxylic acids is 1. The van der Waals surface area contributed by atoms with Gasteiger partial charge in [0.25, 0.3) is 0 Å². The second-order valence-corrected chi connectivity index (χ2v) is 7.38. The van der Waals surface area contributed by atoms with Crippen molar-refractivity contribution in [3.8, 4) is 5.75 Å². The topological polar surface area (TPSA) is 29.5 Å². The molecule has 25 heavy (non-hydrogen) atoms. The Morgan fingerprint density at radius 1 is 1.08 bits per heavy atom. The molecule has 3 nitrogen and oxygen atoms in total. The normalized spacial score (nSPS) is 24.3. The van der Waals surface area contributed by atoms with Crippen LogP contribution in [0.4, 0.5) is 0 Å². The molecule has 1 heterocycles. The zero-order chi connectivity index (χ0) is 17.3. The number of fused-ring (bicyclic) bond motifs is 1. The molecule has 2 aliphatic rings. The van der Waals surface area contributed by atoms with E-state index in [0.717, 1.165) is 38.0 Å². The second kappa shape index (κ2) is 6.55. The van der Waals surface area contributed by atoms with Gasteiger partial charge in [0, 0.05) is 18.5 Å². The van der Waals surface area contributed by atoms with Gasteiger partial charge in [-0.05, 0) is 54.9 Å². The highest BCUT2D eigenvalue weighted by Gasteiger charge is 2.64. The first kappa shape index (κ1) is 16.2. The van der Waals surface area contributed by atoms with Gasteiger partial charge in [-0.15, -0.1) is 0 Å². The molecule has 0 bridgehead atoms. The van der Waals surface area contributed by atoms with Crippen LogP contribution in [-0.4, -0.2) is 23.5 Å². The molecule has 2 aromatic carbocycles. The van der Waals surface area contributed by atoms with Crippen molar-refractivity contribution in [2.45, 2.75) is 44.2 Å². The number of aryl methyl sites for hydroxylation is 1. The molecular weight excluding hydrogens is 310 g/mol. The molecule has 0 spiro atoms. The number of rotatable bonds is 7. The monoisotopic (exact) mass is 335 g/mol. The summed E-state index contributed by atoms with van der Waals surface area (Å²) in [5.74, 6) is 1.76. The van der Waals surface area contributed by atoms with Gasteiger partial charge in [0.15, 0.2) is 0 Å². The molecule has 0 N–H and O–H groups in total. The molecule has 1 saturated heterocycles. The average Bonchev–Trinajstić information content (AvgIpc) is 3.27. The van der Waals surface area contributed by atoms with Gasteiger partial charge in [-0.1, -0.05) is 42.5 Å². The molecule has 1 aliphatic carbocycles. The molecular formula is C22H25NO2. The van der Waals surface area contributed by atoms with Crippen molar-refractivity contribution in [1.82, 2.24) is 4.90 Å². The third-order valence-corrected chi connectivity index (χ3v) is 5.88. The van der Waals surface area contributed by atoms with Gasteiger partial charge >= 0.3 is 0 Å². The predicted octanol–water partition coefficient (Wildman–Crippen LogP) is 4.21. The number of likely N-dealkylation sites (tertiary alicyclic amines) is 1. The minimum Gasteiger partial charge on any atom is -0.497 e. The Hall–Kier alpha value is -2.29. The largest absolute Gasteiger partial charge is 0.497 e. The van der Waals surface area contributed by atoms with Crippen LogP contribution >= 0.6 is 0 Å². The average molecular weight is 335 g/mol. The van der Waals surface area contributed by atoms with E-state index in [1.807, 2.05) is 12.1 Å². The van der Waals surface area contributed by atoms with Crippen LogP contribution in [0, 0.1) is 5.92 Å². The standard InChI is InChI=1S/C22H25NO2/c1-25-20-11-9-18(10-12-20)16-23-21(24)14-19-15-22(19,23)13-5-8-17-6-3-2-4-7-17/h2-4,6-7,9-12,19H,5,8,13-16H2,1H3/t19-,22+/m0/s1. The van der Waals surface area contributed by atoms with Crippen LogP contribution in [-0.2, 0) is 17.8 Å². The lowest BCUT2D eigenvalue weighted by atomic mass is 10.0. The third-order valence-electron chi connectivity index (χ3n) is 5.88. The highest BCUT2D eigenvalue weighted by atomic mass is 16.5. The van der Waals surface area contributed by atoms with E-state index in [1.54, 1.807) is 7.11 Å². The molecule has 2 aromatic rings. The number of piperidine rings is 1. The molecule has 130 valence electrons. The maximum Gasteiger partial charge on any atom is 0.223 e. The van der Waals surface area contributed by atoms with Crippen LogP contribution in [0.2, 0.25) is 0 Å². The first-order chi connectivity index (χ1) is 12.2. The Balaban J connectivity index is 1.40. The third kappa shape index (κ3) is 3.15. The van der Waals surface area contributed by atoms with Crippen LogP contribution in [0.3, 0.4) is 0 Å². The summed E-state index contributed by atoms with van der Waals surface area (Å²) in [6.45, 7) is 0.727. The number of hydrogen-bond donors (Lipinski definition) is 0. The number of hydrogen-bond acceptors (Lipinski definition) is 2. The summed E-state index contributed by atoms with van der Waals surface area (Å²) in [6.07, 6.45) is 5.28. The van der Waals surface area contributed by atoms with Crippen molar-refractivity contribution in [2.75, 3.05) is 7.11 Å². The Morgan fingerprint density at radius 3 is 2.56 bits per heavy atom. The fourth-order valence-electron chi connectivity index (χ4n) is 4.37. The fourth-order valence-corrected chi connectivity index (χ4v) is 4.37. The lowest BCUT2D eigenvalue weighted by molar-refractivity contribution is -0.131. The number of carbonyl (C=O) groups is 1. The lowest BCUT2D eigenvalue weighted by Gasteiger charge is -2.29. The van der Waals surface area contributed by atoms with E-state index < -0.39 is 0 Å². The molecule has 0 aromatic heterocycles. The second-order valence-electron chi connectivity index (χ2n) is 7.38. The van der Waals surface area contributed by atoms with Crippen LogP contribution < -0.4 is 4.74 Å². The van der Waals surface area contributed by atoms with Crippen LogP contribution in [0.1, 0.15) is 36.8 Å². The Kier molecular flexibility index (Phi) is 4.24. The maximum atomic E-state index is 12.5. The SMILES string of the molecule is COc1ccc(CN2C(=O)C[C@H]3C[C@]32CCCc2ccccc2)cc1. The van der Waals surface area contributed by atoms with E-state index in [1.165, 1.54) is 17.5 Å². The van der Waals surface area contributed by atoms with Gasteiger partial charge in [0.05, 0.1) is 7.11 Å². The number of ether oxygens (including phenoxy) is 1. The van der Waals surface area contributed by atoms with Crippen LogP contribution in [0.15, 0.2) is 54.6 Å². The predicted molar refractivity (Wildman–Crippen MR) is 98.4 cm³/mol. The first-order valence-electron chi connectivity index (χ1n) is 9.18. The molecule has 3 heteroatoms. The highest BCUT2D eigenvalue weighted by molar-refractivity contribution is 5.82. The van der Waals surface area contributed by atoms with E-state index in [0.29, 0.717) is 11.8 Å². The summed E-state index contributed by atoms with van der Waals surface area (Å²) >= 11 is 0. The summed E-state index contributed by atoms with van der Waals surface area (Å²) in [6, 6.07) is 18.7. The Bertz CT molecular complexity index is 740. The fraction of sp³-hybridized carbons (Fsp3) is 0.409. The Labute approximate surface area is 149 Å². The van der Waals surface area contributed by atoms with Gasteiger partial charge in [0.2, 0.25) is 5.91 Å². The summed E-state index contributed by atoms with van der Waals surface area (Å²) < 4.78 is 5.22. The van der Waals surface area contributed by atoms with E-state index in [4.69, 9.17) is 4.74 Å². The van der Waals surface area contributed by atoms with E-state index in [2.05, 4.69) is 47.4 Å². The number of methoxy groups -OCH3 is 1. The quantitative estimate of drug-likeness (QED) is 0.758. The van der Waals surface area contributed by atoms with E-state index in [-0.39, 0.29) is 5.54 Å². The number of amides is 1. The molecule has 1 aliphatic heterocycles. The summed E-state index contributed by atoms with van der Waals surface area (Å²) in [7, 11) is 1.68. The van der Waals surface area contributed by atoms with Gasteiger partial charge < -0.3 is 9.64 Å². The summed E-state index contributed by atoms with van der Waals surface area (Å²) in [5, 5.41) is 0. The zero-order valence-corrected chi connectivity index (χ0v) is 14.8. The molecule has 0 unspecified atom stereocenters. The van der Waals surface area contributed by atoms with Crippen molar-refractivity contribution in [3.63, 3.8) is 0 Å². The van der Waals surface area contributed by atoms with Crippen molar-refractivity contribution in [3.05, 3.63) is 65.7 Å². The van der Waals surface area contributed by atoms with Crippen molar-refractivity contribution < 1.29 is 9.53 Å². The maximum absolute atomic E-state index is 12.5. The minimum atomic E-state index is 0.131. The minimum absolute atomic E-state index is 0.131. The van der Waals surface area contributed by atoms with E-state index in [9.17, 15) is 4.79 Å². The van der Waals surface area contributed by atoms with Gasteiger partial charge in [-0.2, -0.15) is 0 Å². The first-order valence-corrected chi connectivity index (χ1v) is 9.18. The number of benzene rings is 2. The van der Waals surface area contributed by atoms with Crippen LogP contribution in [0.25, 0.3) is 0 Å². The van der Waals surface area contributed by atoms with Gasteiger partial charge in [-0.25, -0.2) is 0 Å². The van der Waals surface area contributed by atoms with Crippen LogP contribution in [0.5, 0.6) is 5.75 Å². The molecule has 0 radical (unpaired) electrons. The molecule has 4 rings (SSSR count). The lowest BCUT2D eigenvalue weighted by Crippen LogP contribution is -2.37. The zero-order valence-electron chi connectivity index (χ0n) is 14.8. The van der Waals surface area contributed by atoms with Gasteiger partial charge in [0.1, 0.15) is 5.75 Å². The van der Waals surface area contributed by atoms with Crippen molar-refractivity contribution >= 4 is 5.91 Å². The highest BCUT2D eigenvalue weighted by Crippen LogP contribution is 2.59. The summed E-state index contributed by atoms with van der Waals surface area (Å²) in [5.41, 5.74) is 2.71. The molecule has 2 atom stereocenters.